The van der Waals surface area contributed by atoms with Gasteiger partial charge >= 0.3 is 0 Å². The molecule has 156 valence electrons. The van der Waals surface area contributed by atoms with Crippen LogP contribution in [0.4, 0.5) is 0 Å². The number of pyridine rings is 2. The first-order valence-corrected chi connectivity index (χ1v) is 10.3. The maximum atomic E-state index is 12.6. The maximum Gasteiger partial charge on any atom is 0.257 e. The molecule has 0 saturated heterocycles. The second-order valence-electron chi connectivity index (χ2n) is 7.84. The Bertz CT molecular complexity index is 1140. The van der Waals surface area contributed by atoms with E-state index in [4.69, 9.17) is 16.6 Å². The Hall–Kier alpha value is -2.90. The van der Waals surface area contributed by atoms with Crippen LogP contribution in [0.2, 0.25) is 5.02 Å². The van der Waals surface area contributed by atoms with E-state index in [2.05, 4.69) is 32.8 Å². The normalized spacial score (nSPS) is 17.6. The van der Waals surface area contributed by atoms with E-state index in [0.29, 0.717) is 16.3 Å². The summed E-state index contributed by atoms with van der Waals surface area (Å²) in [5.41, 5.74) is 5.03. The second-order valence-corrected chi connectivity index (χ2v) is 8.28. The van der Waals surface area contributed by atoms with E-state index in [0.717, 1.165) is 27.9 Å². The number of carbonyl (C=O) groups is 1. The molecule has 1 amide bonds. The van der Waals surface area contributed by atoms with Crippen LogP contribution in [-0.4, -0.2) is 33.2 Å². The fraction of sp³-hybridized carbons (Fsp3) is 0.318. The number of nitrogens with one attached hydrogen (secondary N) is 4. The number of H-pyrrole nitrogens is 1. The molecular weight excluding hydrogens is 400 g/mol. The van der Waals surface area contributed by atoms with Gasteiger partial charge in [0.1, 0.15) is 5.65 Å². The first-order valence-electron chi connectivity index (χ1n) is 9.97. The van der Waals surface area contributed by atoms with Gasteiger partial charge < -0.3 is 15.6 Å². The summed E-state index contributed by atoms with van der Waals surface area (Å²) in [4.78, 5) is 24.8. The molecule has 1 aliphatic heterocycles. The quantitative estimate of drug-likeness (QED) is 0.503. The van der Waals surface area contributed by atoms with Gasteiger partial charge in [-0.3, -0.25) is 15.1 Å². The highest BCUT2D eigenvalue weighted by atomic mass is 35.5. The standard InChI is InChI=1S/C22H25ClN6O/c1-11(2)27-22-26-10-18(21(30)29-22)19-6-5-15(13(4)28-19)12(3)17-9-25-20-16(17)7-14(23)8-24-20/h5-12,22,26-27H,1-4H3,(H,24,25)(H,29,30). The zero-order chi connectivity index (χ0) is 21.4. The molecule has 7 nitrogen and oxygen atoms in total. The molecule has 4 N–H and O–H groups in total. The van der Waals surface area contributed by atoms with Crippen molar-refractivity contribution < 1.29 is 4.79 Å². The van der Waals surface area contributed by atoms with Gasteiger partial charge in [0, 0.05) is 41.6 Å². The van der Waals surface area contributed by atoms with E-state index in [9.17, 15) is 4.79 Å². The van der Waals surface area contributed by atoms with Crippen molar-refractivity contribution in [2.45, 2.75) is 45.9 Å². The lowest BCUT2D eigenvalue weighted by molar-refractivity contribution is -0.117. The first kappa shape index (κ1) is 20.4. The minimum absolute atomic E-state index is 0.0903. The summed E-state index contributed by atoms with van der Waals surface area (Å²) >= 11 is 6.14. The second kappa shape index (κ2) is 8.08. The van der Waals surface area contributed by atoms with Crippen LogP contribution in [-0.2, 0) is 4.79 Å². The fourth-order valence-corrected chi connectivity index (χ4v) is 3.96. The number of rotatable bonds is 5. The van der Waals surface area contributed by atoms with E-state index < -0.39 is 0 Å². The maximum absolute atomic E-state index is 12.6. The third-order valence-electron chi connectivity index (χ3n) is 5.28. The minimum atomic E-state index is -0.288. The highest BCUT2D eigenvalue weighted by Gasteiger charge is 2.24. The van der Waals surface area contributed by atoms with Crippen molar-refractivity contribution in [3.63, 3.8) is 0 Å². The molecule has 0 saturated carbocycles. The molecule has 8 heteroatoms. The van der Waals surface area contributed by atoms with Crippen LogP contribution in [0.3, 0.4) is 0 Å². The predicted octanol–water partition coefficient (Wildman–Crippen LogP) is 3.41. The number of halogens is 1. The Morgan fingerprint density at radius 1 is 1.20 bits per heavy atom. The van der Waals surface area contributed by atoms with Crippen LogP contribution >= 0.6 is 11.6 Å². The molecule has 0 radical (unpaired) electrons. The first-order chi connectivity index (χ1) is 14.3. The number of amides is 1. The van der Waals surface area contributed by atoms with Crippen LogP contribution in [0.1, 0.15) is 49.2 Å². The molecule has 2 unspecified atom stereocenters. The highest BCUT2D eigenvalue weighted by molar-refractivity contribution is 6.31. The molecule has 0 aromatic carbocycles. The number of aromatic nitrogens is 3. The molecule has 4 heterocycles. The molecule has 3 aromatic heterocycles. The van der Waals surface area contributed by atoms with E-state index in [-0.39, 0.29) is 24.2 Å². The summed E-state index contributed by atoms with van der Waals surface area (Å²) in [6.07, 6.45) is 5.03. The van der Waals surface area contributed by atoms with Gasteiger partial charge in [-0.1, -0.05) is 24.6 Å². The number of hydrogen-bond acceptors (Lipinski definition) is 5. The van der Waals surface area contributed by atoms with Crippen molar-refractivity contribution in [1.29, 1.82) is 0 Å². The molecule has 0 bridgehead atoms. The smallest absolute Gasteiger partial charge is 0.257 e. The van der Waals surface area contributed by atoms with Crippen LogP contribution in [0.15, 0.2) is 36.8 Å². The Kier molecular flexibility index (Phi) is 5.49. The highest BCUT2D eigenvalue weighted by Crippen LogP contribution is 2.32. The molecule has 0 aliphatic carbocycles. The Labute approximate surface area is 180 Å². The van der Waals surface area contributed by atoms with Crippen molar-refractivity contribution in [1.82, 2.24) is 30.9 Å². The van der Waals surface area contributed by atoms with Crippen LogP contribution in [0.25, 0.3) is 16.6 Å². The van der Waals surface area contributed by atoms with Gasteiger partial charge in [-0.2, -0.15) is 0 Å². The summed E-state index contributed by atoms with van der Waals surface area (Å²) < 4.78 is 0. The largest absolute Gasteiger partial charge is 0.358 e. The predicted molar refractivity (Wildman–Crippen MR) is 119 cm³/mol. The topological polar surface area (TPSA) is 94.7 Å². The van der Waals surface area contributed by atoms with Gasteiger partial charge in [0.05, 0.1) is 16.3 Å². The summed E-state index contributed by atoms with van der Waals surface area (Å²) in [5, 5.41) is 10.9. The van der Waals surface area contributed by atoms with Crippen LogP contribution < -0.4 is 16.0 Å². The van der Waals surface area contributed by atoms with Gasteiger partial charge in [-0.15, -0.1) is 0 Å². The van der Waals surface area contributed by atoms with Crippen molar-refractivity contribution in [2.75, 3.05) is 0 Å². The van der Waals surface area contributed by atoms with E-state index in [1.807, 2.05) is 45.2 Å². The van der Waals surface area contributed by atoms with Crippen molar-refractivity contribution in [3.8, 4) is 0 Å². The molecule has 4 rings (SSSR count). The van der Waals surface area contributed by atoms with Gasteiger partial charge in [-0.25, -0.2) is 4.98 Å². The third-order valence-corrected chi connectivity index (χ3v) is 5.49. The SMILES string of the molecule is Cc1nc(C2=CNC(NC(C)C)NC2=O)ccc1C(C)c1c[nH]c2ncc(Cl)cc12. The number of aryl methyl sites for hydroxylation is 1. The lowest BCUT2D eigenvalue weighted by atomic mass is 9.91. The van der Waals surface area contributed by atoms with Gasteiger partial charge in [0.2, 0.25) is 0 Å². The molecule has 0 spiro atoms. The number of aromatic amines is 1. The average Bonchev–Trinajstić information content (AvgIpc) is 3.10. The van der Waals surface area contributed by atoms with Crippen molar-refractivity contribution in [2.24, 2.45) is 0 Å². The van der Waals surface area contributed by atoms with E-state index in [1.54, 1.807) is 12.4 Å². The monoisotopic (exact) mass is 424 g/mol. The molecule has 2 atom stereocenters. The molecular formula is C22H25ClN6O. The zero-order valence-corrected chi connectivity index (χ0v) is 18.1. The number of hydrogen-bond donors (Lipinski definition) is 4. The van der Waals surface area contributed by atoms with Gasteiger partial charge in [0.25, 0.3) is 5.91 Å². The summed E-state index contributed by atoms with van der Waals surface area (Å²) in [7, 11) is 0. The lowest BCUT2D eigenvalue weighted by Gasteiger charge is -2.27. The Morgan fingerprint density at radius 3 is 2.70 bits per heavy atom. The van der Waals surface area contributed by atoms with Crippen LogP contribution in [0.5, 0.6) is 0 Å². The molecule has 3 aromatic rings. The van der Waals surface area contributed by atoms with Crippen LogP contribution in [0, 0.1) is 6.92 Å². The fourth-order valence-electron chi connectivity index (χ4n) is 3.80. The Balaban J connectivity index is 1.61. The molecule has 0 fully saturated rings. The van der Waals surface area contributed by atoms with Gasteiger partial charge in [-0.05, 0) is 44.0 Å². The summed E-state index contributed by atoms with van der Waals surface area (Å²) in [6.45, 7) is 8.14. The average molecular weight is 425 g/mol. The summed E-state index contributed by atoms with van der Waals surface area (Å²) in [5.74, 6) is -0.0654. The van der Waals surface area contributed by atoms with E-state index >= 15 is 0 Å². The summed E-state index contributed by atoms with van der Waals surface area (Å²) in [6, 6.07) is 6.09. The third kappa shape index (κ3) is 3.91. The van der Waals surface area contributed by atoms with Crippen molar-refractivity contribution in [3.05, 3.63) is 64.3 Å². The number of carbonyl (C=O) groups excluding carboxylic acids is 1. The molecule has 1 aliphatic rings. The molecule has 30 heavy (non-hydrogen) atoms. The number of nitrogens with zero attached hydrogens (tertiary/aromatic N) is 2. The lowest BCUT2D eigenvalue weighted by Crippen LogP contribution is -2.57. The van der Waals surface area contributed by atoms with Crippen molar-refractivity contribution >= 4 is 34.1 Å². The zero-order valence-electron chi connectivity index (χ0n) is 17.4. The van der Waals surface area contributed by atoms with E-state index in [1.165, 1.54) is 0 Å². The Morgan fingerprint density at radius 2 is 2.00 bits per heavy atom. The van der Waals surface area contributed by atoms with Gasteiger partial charge in [0.15, 0.2) is 6.29 Å². The minimum Gasteiger partial charge on any atom is -0.358 e. The number of fused-ring (bicyclic) bond motifs is 1.